The van der Waals surface area contributed by atoms with Crippen LogP contribution in [0.2, 0.25) is 0 Å². The monoisotopic (exact) mass is 232 g/mol. The van der Waals surface area contributed by atoms with Crippen molar-refractivity contribution in [2.45, 2.75) is 38.6 Å². The van der Waals surface area contributed by atoms with Crippen LogP contribution < -0.4 is 10.6 Å². The van der Waals surface area contributed by atoms with Gasteiger partial charge in [-0.3, -0.25) is 4.79 Å². The first-order chi connectivity index (χ1) is 8.31. The third-order valence-corrected chi connectivity index (χ3v) is 3.17. The summed E-state index contributed by atoms with van der Waals surface area (Å²) in [6, 6.07) is 8.05. The Balaban J connectivity index is 2.04. The van der Waals surface area contributed by atoms with E-state index in [0.717, 1.165) is 37.9 Å². The Bertz CT molecular complexity index is 384. The van der Waals surface area contributed by atoms with Crippen LogP contribution in [0.4, 0.5) is 5.69 Å². The molecule has 92 valence electrons. The lowest BCUT2D eigenvalue weighted by Gasteiger charge is -2.14. The maximum atomic E-state index is 12.0. The summed E-state index contributed by atoms with van der Waals surface area (Å²) in [5.74, 6) is 0.103. The SMILES string of the molecule is CCCc1ccccc1NC(=O)[C@H]1CCCN1. The van der Waals surface area contributed by atoms with Gasteiger partial charge >= 0.3 is 0 Å². The molecule has 1 aromatic carbocycles. The zero-order valence-corrected chi connectivity index (χ0v) is 10.3. The van der Waals surface area contributed by atoms with Crippen LogP contribution in [0.15, 0.2) is 24.3 Å². The summed E-state index contributed by atoms with van der Waals surface area (Å²) in [6.07, 6.45) is 4.14. The molecule has 1 amide bonds. The van der Waals surface area contributed by atoms with E-state index in [1.54, 1.807) is 0 Å². The Morgan fingerprint density at radius 2 is 2.29 bits per heavy atom. The van der Waals surface area contributed by atoms with Gasteiger partial charge in [-0.05, 0) is 37.4 Å². The third kappa shape index (κ3) is 3.07. The van der Waals surface area contributed by atoms with Gasteiger partial charge in [0.25, 0.3) is 0 Å². The summed E-state index contributed by atoms with van der Waals surface area (Å²) in [5, 5.41) is 6.25. The quantitative estimate of drug-likeness (QED) is 0.836. The number of anilines is 1. The van der Waals surface area contributed by atoms with Crippen LogP contribution >= 0.6 is 0 Å². The van der Waals surface area contributed by atoms with Gasteiger partial charge in [0.1, 0.15) is 0 Å². The first kappa shape index (κ1) is 12.1. The van der Waals surface area contributed by atoms with Gasteiger partial charge in [-0.25, -0.2) is 0 Å². The molecule has 0 aromatic heterocycles. The molecule has 1 aromatic rings. The molecule has 3 heteroatoms. The summed E-state index contributed by atoms with van der Waals surface area (Å²) in [5.41, 5.74) is 2.19. The first-order valence-corrected chi connectivity index (χ1v) is 6.43. The number of nitrogens with one attached hydrogen (secondary N) is 2. The Hall–Kier alpha value is -1.35. The van der Waals surface area contributed by atoms with Crippen molar-refractivity contribution < 1.29 is 4.79 Å². The Morgan fingerprint density at radius 1 is 1.47 bits per heavy atom. The molecule has 0 saturated carbocycles. The van der Waals surface area contributed by atoms with E-state index >= 15 is 0 Å². The average Bonchev–Trinajstić information content (AvgIpc) is 2.85. The lowest BCUT2D eigenvalue weighted by atomic mass is 10.1. The molecule has 0 bridgehead atoms. The zero-order chi connectivity index (χ0) is 12.1. The minimum absolute atomic E-state index is 0.00955. The predicted octanol–water partition coefficient (Wildman–Crippen LogP) is 2.33. The molecule has 1 aliphatic heterocycles. The highest BCUT2D eigenvalue weighted by molar-refractivity contribution is 5.95. The largest absolute Gasteiger partial charge is 0.324 e. The number of rotatable bonds is 4. The molecule has 0 aliphatic carbocycles. The second-order valence-electron chi connectivity index (χ2n) is 4.55. The molecule has 1 heterocycles. The summed E-state index contributed by atoms with van der Waals surface area (Å²) < 4.78 is 0. The van der Waals surface area contributed by atoms with Gasteiger partial charge in [0.05, 0.1) is 6.04 Å². The maximum Gasteiger partial charge on any atom is 0.241 e. The van der Waals surface area contributed by atoms with Crippen molar-refractivity contribution in [3.63, 3.8) is 0 Å². The standard InChI is InChI=1S/C14H20N2O/c1-2-6-11-7-3-4-8-12(11)16-14(17)13-9-5-10-15-13/h3-4,7-8,13,15H,2,5-6,9-10H2,1H3,(H,16,17)/t13-/m1/s1. The van der Waals surface area contributed by atoms with E-state index in [1.807, 2.05) is 18.2 Å². The molecule has 0 unspecified atom stereocenters. The first-order valence-electron chi connectivity index (χ1n) is 6.43. The summed E-state index contributed by atoms with van der Waals surface area (Å²) in [6.45, 7) is 3.10. The van der Waals surface area contributed by atoms with Crippen LogP contribution in [-0.2, 0) is 11.2 Å². The number of hydrogen-bond donors (Lipinski definition) is 2. The third-order valence-electron chi connectivity index (χ3n) is 3.17. The minimum atomic E-state index is -0.00955. The Morgan fingerprint density at radius 3 is 3.00 bits per heavy atom. The summed E-state index contributed by atoms with van der Waals surface area (Å²) in [7, 11) is 0. The Kier molecular flexibility index (Phi) is 4.15. The molecule has 2 N–H and O–H groups in total. The smallest absolute Gasteiger partial charge is 0.241 e. The van der Waals surface area contributed by atoms with Crippen molar-refractivity contribution in [1.82, 2.24) is 5.32 Å². The van der Waals surface area contributed by atoms with Crippen LogP contribution in [0.25, 0.3) is 0 Å². The van der Waals surface area contributed by atoms with Gasteiger partial charge in [-0.1, -0.05) is 31.5 Å². The molecule has 0 spiro atoms. The van der Waals surface area contributed by atoms with Crippen LogP contribution in [-0.4, -0.2) is 18.5 Å². The second-order valence-corrected chi connectivity index (χ2v) is 4.55. The molecule has 3 nitrogen and oxygen atoms in total. The number of aryl methyl sites for hydroxylation is 1. The van der Waals surface area contributed by atoms with E-state index in [4.69, 9.17) is 0 Å². The van der Waals surface area contributed by atoms with E-state index in [9.17, 15) is 4.79 Å². The fourth-order valence-electron chi connectivity index (χ4n) is 2.26. The van der Waals surface area contributed by atoms with Crippen LogP contribution in [0.5, 0.6) is 0 Å². The number of hydrogen-bond acceptors (Lipinski definition) is 2. The normalized spacial score (nSPS) is 19.2. The predicted molar refractivity (Wildman–Crippen MR) is 70.1 cm³/mol. The topological polar surface area (TPSA) is 41.1 Å². The lowest BCUT2D eigenvalue weighted by Crippen LogP contribution is -2.35. The van der Waals surface area contributed by atoms with E-state index in [0.29, 0.717) is 0 Å². The van der Waals surface area contributed by atoms with E-state index in [2.05, 4.69) is 23.6 Å². The number of amides is 1. The van der Waals surface area contributed by atoms with Crippen molar-refractivity contribution in [2.24, 2.45) is 0 Å². The lowest BCUT2D eigenvalue weighted by molar-refractivity contribution is -0.117. The van der Waals surface area contributed by atoms with Crippen LogP contribution in [0.1, 0.15) is 31.7 Å². The number of carbonyl (C=O) groups is 1. The molecule has 17 heavy (non-hydrogen) atoms. The molecule has 1 fully saturated rings. The molecular weight excluding hydrogens is 212 g/mol. The van der Waals surface area contributed by atoms with Crippen molar-refractivity contribution in [3.05, 3.63) is 29.8 Å². The van der Waals surface area contributed by atoms with Gasteiger partial charge in [-0.15, -0.1) is 0 Å². The molecule has 1 atom stereocenters. The van der Waals surface area contributed by atoms with Crippen molar-refractivity contribution in [1.29, 1.82) is 0 Å². The number of para-hydroxylation sites is 1. The number of carbonyl (C=O) groups excluding carboxylic acids is 1. The van der Waals surface area contributed by atoms with E-state index in [-0.39, 0.29) is 11.9 Å². The van der Waals surface area contributed by atoms with Crippen molar-refractivity contribution in [3.8, 4) is 0 Å². The Labute approximate surface area is 103 Å². The fourth-order valence-corrected chi connectivity index (χ4v) is 2.26. The summed E-state index contributed by atoms with van der Waals surface area (Å²) >= 11 is 0. The number of benzene rings is 1. The van der Waals surface area contributed by atoms with Crippen LogP contribution in [0, 0.1) is 0 Å². The highest BCUT2D eigenvalue weighted by Gasteiger charge is 2.22. The van der Waals surface area contributed by atoms with Gasteiger partial charge in [-0.2, -0.15) is 0 Å². The molecular formula is C14H20N2O. The molecule has 1 saturated heterocycles. The highest BCUT2D eigenvalue weighted by Crippen LogP contribution is 2.18. The van der Waals surface area contributed by atoms with Crippen LogP contribution in [0.3, 0.4) is 0 Å². The highest BCUT2D eigenvalue weighted by atomic mass is 16.2. The fraction of sp³-hybridized carbons (Fsp3) is 0.500. The van der Waals surface area contributed by atoms with Crippen molar-refractivity contribution >= 4 is 11.6 Å². The molecule has 0 radical (unpaired) electrons. The molecule has 2 rings (SSSR count). The van der Waals surface area contributed by atoms with E-state index in [1.165, 1.54) is 5.56 Å². The molecule has 1 aliphatic rings. The van der Waals surface area contributed by atoms with Gasteiger partial charge in [0.15, 0.2) is 0 Å². The maximum absolute atomic E-state index is 12.0. The van der Waals surface area contributed by atoms with Gasteiger partial charge in [0, 0.05) is 5.69 Å². The second kappa shape index (κ2) is 5.82. The zero-order valence-electron chi connectivity index (χ0n) is 10.3. The van der Waals surface area contributed by atoms with Gasteiger partial charge in [0.2, 0.25) is 5.91 Å². The summed E-state index contributed by atoms with van der Waals surface area (Å²) in [4.78, 5) is 12.0. The van der Waals surface area contributed by atoms with Gasteiger partial charge < -0.3 is 10.6 Å². The average molecular weight is 232 g/mol. The van der Waals surface area contributed by atoms with E-state index < -0.39 is 0 Å². The minimum Gasteiger partial charge on any atom is -0.324 e. The van der Waals surface area contributed by atoms with Crippen molar-refractivity contribution in [2.75, 3.05) is 11.9 Å².